The van der Waals surface area contributed by atoms with Gasteiger partial charge in [-0.15, -0.1) is 0 Å². The van der Waals surface area contributed by atoms with E-state index < -0.39 is 6.10 Å². The van der Waals surface area contributed by atoms with Crippen molar-refractivity contribution >= 4 is 11.6 Å². The number of piperidine rings is 1. The van der Waals surface area contributed by atoms with Crippen molar-refractivity contribution in [3.05, 3.63) is 64.7 Å². The predicted octanol–water partition coefficient (Wildman–Crippen LogP) is 4.36. The second-order valence-electron chi connectivity index (χ2n) is 7.35. The van der Waals surface area contributed by atoms with Crippen LogP contribution in [0.5, 0.6) is 5.75 Å². The number of halogens is 1. The second-order valence-corrected chi connectivity index (χ2v) is 7.78. The molecule has 3 rings (SSSR count). The van der Waals surface area contributed by atoms with Crippen LogP contribution in [0.15, 0.2) is 48.5 Å². The lowest BCUT2D eigenvalue weighted by molar-refractivity contribution is -0.0181. The van der Waals surface area contributed by atoms with Crippen molar-refractivity contribution in [2.75, 3.05) is 26.2 Å². The quantitative estimate of drug-likeness (QED) is 0.738. The molecule has 146 valence electrons. The van der Waals surface area contributed by atoms with Crippen LogP contribution in [0, 0.1) is 0 Å². The van der Waals surface area contributed by atoms with Crippen molar-refractivity contribution in [1.29, 1.82) is 0 Å². The fourth-order valence-corrected chi connectivity index (χ4v) is 3.76. The molecule has 1 aliphatic rings. The molecule has 1 heterocycles. The minimum absolute atomic E-state index is 0.0721. The summed E-state index contributed by atoms with van der Waals surface area (Å²) in [6.07, 6.45) is 1.57. The van der Waals surface area contributed by atoms with Gasteiger partial charge in [-0.25, -0.2) is 0 Å². The molecule has 2 aromatic carbocycles. The van der Waals surface area contributed by atoms with E-state index >= 15 is 0 Å². The lowest BCUT2D eigenvalue weighted by Crippen LogP contribution is -2.40. The zero-order valence-electron chi connectivity index (χ0n) is 15.7. The summed E-state index contributed by atoms with van der Waals surface area (Å²) in [5, 5.41) is 20.5. The maximum absolute atomic E-state index is 10.3. The Kier molecular flexibility index (Phi) is 7.13. The second kappa shape index (κ2) is 9.56. The summed E-state index contributed by atoms with van der Waals surface area (Å²) >= 11 is 5.91. The maximum Gasteiger partial charge on any atom is 0.115 e. The van der Waals surface area contributed by atoms with Crippen molar-refractivity contribution in [1.82, 2.24) is 4.90 Å². The average Bonchev–Trinajstić information content (AvgIpc) is 2.68. The molecular weight excluding hydrogens is 362 g/mol. The number of hydrogen-bond acceptors (Lipinski definition) is 4. The molecule has 2 atom stereocenters. The lowest BCUT2D eigenvalue weighted by Gasteiger charge is -2.33. The van der Waals surface area contributed by atoms with Crippen LogP contribution in [0.3, 0.4) is 0 Å². The van der Waals surface area contributed by atoms with Crippen LogP contribution in [0.2, 0.25) is 5.02 Å². The van der Waals surface area contributed by atoms with Crippen molar-refractivity contribution in [3.63, 3.8) is 0 Å². The standard InChI is InChI=1S/C22H28ClNO3/c1-16(17-2-6-20(23)7-3-17)27-15-22(26)14-24-12-10-19(11-13-24)18-4-8-21(25)9-5-18/h2-9,16,19,22,25-26H,10-15H2,1H3/t16-,22-/m0/s1. The van der Waals surface area contributed by atoms with Gasteiger partial charge in [0, 0.05) is 11.6 Å². The largest absolute Gasteiger partial charge is 0.508 e. The average molecular weight is 390 g/mol. The zero-order valence-corrected chi connectivity index (χ0v) is 16.5. The Balaban J connectivity index is 1.39. The highest BCUT2D eigenvalue weighted by atomic mass is 35.5. The fourth-order valence-electron chi connectivity index (χ4n) is 3.63. The van der Waals surface area contributed by atoms with Crippen LogP contribution in [0.25, 0.3) is 0 Å². The Labute approximate surface area is 166 Å². The highest BCUT2D eigenvalue weighted by molar-refractivity contribution is 6.30. The molecule has 0 radical (unpaired) electrons. The first-order valence-electron chi connectivity index (χ1n) is 9.57. The van der Waals surface area contributed by atoms with Crippen molar-refractivity contribution < 1.29 is 14.9 Å². The number of likely N-dealkylation sites (tertiary alicyclic amines) is 1. The number of aliphatic hydroxyl groups is 1. The summed E-state index contributed by atoms with van der Waals surface area (Å²) in [5.41, 5.74) is 2.34. The molecule has 2 aromatic rings. The Morgan fingerprint density at radius 2 is 1.70 bits per heavy atom. The third-order valence-corrected chi connectivity index (χ3v) is 5.55. The molecule has 0 spiro atoms. The van der Waals surface area contributed by atoms with Gasteiger partial charge in [-0.3, -0.25) is 0 Å². The highest BCUT2D eigenvalue weighted by Crippen LogP contribution is 2.29. The lowest BCUT2D eigenvalue weighted by atomic mass is 9.89. The molecule has 0 bridgehead atoms. The summed E-state index contributed by atoms with van der Waals surface area (Å²) in [4.78, 5) is 2.30. The Morgan fingerprint density at radius 3 is 2.33 bits per heavy atom. The number of hydrogen-bond donors (Lipinski definition) is 2. The monoisotopic (exact) mass is 389 g/mol. The number of nitrogens with zero attached hydrogens (tertiary/aromatic N) is 1. The van der Waals surface area contributed by atoms with Crippen molar-refractivity contribution in [2.45, 2.75) is 37.9 Å². The molecule has 2 N–H and O–H groups in total. The van der Waals surface area contributed by atoms with E-state index in [0.29, 0.717) is 29.8 Å². The molecule has 0 unspecified atom stereocenters. The summed E-state index contributed by atoms with van der Waals surface area (Å²) < 4.78 is 5.83. The number of β-amino-alcohol motifs (C(OH)–C–C–N with tert-alkyl or cyclic N) is 1. The van der Waals surface area contributed by atoms with Crippen LogP contribution in [0.4, 0.5) is 0 Å². The predicted molar refractivity (Wildman–Crippen MR) is 108 cm³/mol. The van der Waals surface area contributed by atoms with Crippen LogP contribution < -0.4 is 0 Å². The van der Waals surface area contributed by atoms with Gasteiger partial charge in [-0.2, -0.15) is 0 Å². The molecule has 0 aliphatic carbocycles. The number of benzene rings is 2. The van der Waals surface area contributed by atoms with E-state index in [1.807, 2.05) is 43.3 Å². The van der Waals surface area contributed by atoms with Gasteiger partial charge in [-0.1, -0.05) is 35.9 Å². The van der Waals surface area contributed by atoms with Crippen molar-refractivity contribution in [2.24, 2.45) is 0 Å². The Hall–Kier alpha value is -1.59. The van der Waals surface area contributed by atoms with Gasteiger partial charge < -0.3 is 19.8 Å². The topological polar surface area (TPSA) is 52.9 Å². The molecule has 27 heavy (non-hydrogen) atoms. The molecule has 0 saturated carbocycles. The maximum atomic E-state index is 10.3. The van der Waals surface area contributed by atoms with Crippen LogP contribution >= 0.6 is 11.6 Å². The van der Waals surface area contributed by atoms with Crippen LogP contribution in [-0.2, 0) is 4.74 Å². The SMILES string of the molecule is C[C@H](OC[C@@H](O)CN1CCC(c2ccc(O)cc2)CC1)c1ccc(Cl)cc1. The van der Waals surface area contributed by atoms with Gasteiger partial charge in [-0.05, 0) is 74.2 Å². The molecular formula is C22H28ClNO3. The van der Waals surface area contributed by atoms with Gasteiger partial charge in [0.25, 0.3) is 0 Å². The van der Waals surface area contributed by atoms with Crippen molar-refractivity contribution in [3.8, 4) is 5.75 Å². The number of aliphatic hydroxyl groups excluding tert-OH is 1. The van der Waals surface area contributed by atoms with Gasteiger partial charge in [0.2, 0.25) is 0 Å². The first-order chi connectivity index (χ1) is 13.0. The summed E-state index contributed by atoms with van der Waals surface area (Å²) in [7, 11) is 0. The van der Waals surface area contributed by atoms with Gasteiger partial charge in [0.15, 0.2) is 0 Å². The molecule has 0 amide bonds. The summed E-state index contributed by atoms with van der Waals surface area (Å²) in [6, 6.07) is 15.1. The summed E-state index contributed by atoms with van der Waals surface area (Å²) in [5.74, 6) is 0.840. The highest BCUT2D eigenvalue weighted by Gasteiger charge is 2.22. The van der Waals surface area contributed by atoms with E-state index in [0.717, 1.165) is 31.5 Å². The number of phenols is 1. The molecule has 4 nitrogen and oxygen atoms in total. The van der Waals surface area contributed by atoms with E-state index in [-0.39, 0.29) is 6.10 Å². The van der Waals surface area contributed by atoms with E-state index in [9.17, 15) is 10.2 Å². The van der Waals surface area contributed by atoms with E-state index in [1.54, 1.807) is 12.1 Å². The molecule has 1 aliphatic heterocycles. The molecule has 0 aromatic heterocycles. The minimum Gasteiger partial charge on any atom is -0.508 e. The van der Waals surface area contributed by atoms with Gasteiger partial charge in [0.1, 0.15) is 5.75 Å². The summed E-state index contributed by atoms with van der Waals surface area (Å²) in [6.45, 7) is 4.88. The first-order valence-corrected chi connectivity index (χ1v) is 9.95. The number of rotatable bonds is 7. The van der Waals surface area contributed by atoms with E-state index in [2.05, 4.69) is 4.90 Å². The first kappa shape index (κ1) is 20.2. The van der Waals surface area contributed by atoms with Gasteiger partial charge >= 0.3 is 0 Å². The van der Waals surface area contributed by atoms with Gasteiger partial charge in [0.05, 0.1) is 18.8 Å². The Morgan fingerprint density at radius 1 is 1.07 bits per heavy atom. The zero-order chi connectivity index (χ0) is 19.2. The van der Waals surface area contributed by atoms with Crippen LogP contribution in [-0.4, -0.2) is 47.5 Å². The number of phenolic OH excluding ortho intramolecular Hbond substituents is 1. The van der Waals surface area contributed by atoms with E-state index in [4.69, 9.17) is 16.3 Å². The minimum atomic E-state index is -0.495. The molecule has 5 heteroatoms. The third kappa shape index (κ3) is 5.94. The van der Waals surface area contributed by atoms with E-state index in [1.165, 1.54) is 5.56 Å². The normalized spacial score (nSPS) is 18.3. The molecule has 1 saturated heterocycles. The number of aromatic hydroxyl groups is 1. The third-order valence-electron chi connectivity index (χ3n) is 5.30. The fraction of sp³-hybridized carbons (Fsp3) is 0.455. The molecule has 1 fully saturated rings. The number of ether oxygens (including phenoxy) is 1. The smallest absolute Gasteiger partial charge is 0.115 e. The Bertz CT molecular complexity index is 697. The van der Waals surface area contributed by atoms with Crippen LogP contribution in [0.1, 0.15) is 42.9 Å².